The number of benzene rings is 1. The number of esters is 1. The first-order valence-corrected chi connectivity index (χ1v) is 5.11. The van der Waals surface area contributed by atoms with Crippen molar-refractivity contribution in [3.05, 3.63) is 53.3 Å². The van der Waals surface area contributed by atoms with E-state index < -0.39 is 0 Å². The standard InChI is InChI=1S/C12H10ClNO2/c1-16-12(15)10-5-4-9(13)8-11(10)14-6-2-3-7-14/h2-8H,1H3. The van der Waals surface area contributed by atoms with Gasteiger partial charge in [0.15, 0.2) is 0 Å². The van der Waals surface area contributed by atoms with Crippen LogP contribution in [-0.4, -0.2) is 17.6 Å². The topological polar surface area (TPSA) is 31.2 Å². The van der Waals surface area contributed by atoms with Gasteiger partial charge in [-0.2, -0.15) is 0 Å². The number of hydrogen-bond acceptors (Lipinski definition) is 2. The molecule has 0 atom stereocenters. The van der Waals surface area contributed by atoms with Crippen molar-refractivity contribution in [3.8, 4) is 5.69 Å². The number of methoxy groups -OCH3 is 1. The SMILES string of the molecule is COC(=O)c1ccc(Cl)cc1-n1cccc1. The van der Waals surface area contributed by atoms with Gasteiger partial charge in [-0.05, 0) is 30.3 Å². The molecule has 1 heterocycles. The Morgan fingerprint density at radius 1 is 1.31 bits per heavy atom. The summed E-state index contributed by atoms with van der Waals surface area (Å²) in [6.07, 6.45) is 3.69. The van der Waals surface area contributed by atoms with E-state index in [1.165, 1.54) is 7.11 Å². The molecule has 0 spiro atoms. The van der Waals surface area contributed by atoms with Gasteiger partial charge < -0.3 is 9.30 Å². The van der Waals surface area contributed by atoms with Gasteiger partial charge in [0.25, 0.3) is 0 Å². The summed E-state index contributed by atoms with van der Waals surface area (Å²) in [4.78, 5) is 11.6. The van der Waals surface area contributed by atoms with Gasteiger partial charge in [-0.1, -0.05) is 11.6 Å². The van der Waals surface area contributed by atoms with Crippen molar-refractivity contribution < 1.29 is 9.53 Å². The lowest BCUT2D eigenvalue weighted by Gasteiger charge is -2.09. The maximum Gasteiger partial charge on any atom is 0.339 e. The summed E-state index contributed by atoms with van der Waals surface area (Å²) in [5.41, 5.74) is 1.20. The quantitative estimate of drug-likeness (QED) is 0.750. The highest BCUT2D eigenvalue weighted by Crippen LogP contribution is 2.20. The number of nitrogens with zero attached hydrogens (tertiary/aromatic N) is 1. The third kappa shape index (κ3) is 1.95. The van der Waals surface area contributed by atoms with Crippen LogP contribution in [0.5, 0.6) is 0 Å². The molecule has 4 heteroatoms. The minimum absolute atomic E-state index is 0.375. The second-order valence-corrected chi connectivity index (χ2v) is 3.68. The van der Waals surface area contributed by atoms with Crippen LogP contribution < -0.4 is 0 Å². The first kappa shape index (κ1) is 10.8. The van der Waals surface area contributed by atoms with Crippen LogP contribution in [0.1, 0.15) is 10.4 Å². The van der Waals surface area contributed by atoms with Crippen LogP contribution in [0.3, 0.4) is 0 Å². The van der Waals surface area contributed by atoms with Crippen LogP contribution in [0, 0.1) is 0 Å². The molecule has 0 aliphatic heterocycles. The van der Waals surface area contributed by atoms with E-state index in [0.29, 0.717) is 16.3 Å². The fourth-order valence-electron chi connectivity index (χ4n) is 1.50. The van der Waals surface area contributed by atoms with Gasteiger partial charge in [0.1, 0.15) is 0 Å². The van der Waals surface area contributed by atoms with Crippen molar-refractivity contribution >= 4 is 17.6 Å². The zero-order chi connectivity index (χ0) is 11.5. The average molecular weight is 236 g/mol. The predicted molar refractivity (Wildman–Crippen MR) is 62.1 cm³/mol. The van der Waals surface area contributed by atoms with E-state index in [2.05, 4.69) is 0 Å². The third-order valence-electron chi connectivity index (χ3n) is 2.25. The summed E-state index contributed by atoms with van der Waals surface area (Å²) in [6, 6.07) is 8.81. The Kier molecular flexibility index (Phi) is 2.97. The Morgan fingerprint density at radius 3 is 2.62 bits per heavy atom. The number of ether oxygens (including phenoxy) is 1. The van der Waals surface area contributed by atoms with Crippen LogP contribution >= 0.6 is 11.6 Å². The summed E-state index contributed by atoms with van der Waals surface area (Å²) in [7, 11) is 1.36. The van der Waals surface area contributed by atoms with E-state index in [1.807, 2.05) is 29.1 Å². The van der Waals surface area contributed by atoms with Gasteiger partial charge in [0, 0.05) is 17.4 Å². The molecule has 16 heavy (non-hydrogen) atoms. The van der Waals surface area contributed by atoms with Crippen LogP contribution in [-0.2, 0) is 4.74 Å². The van der Waals surface area contributed by atoms with Crippen LogP contribution in [0.2, 0.25) is 5.02 Å². The van der Waals surface area contributed by atoms with E-state index >= 15 is 0 Å². The number of carbonyl (C=O) groups excluding carboxylic acids is 1. The minimum Gasteiger partial charge on any atom is -0.465 e. The lowest BCUT2D eigenvalue weighted by Crippen LogP contribution is -2.06. The zero-order valence-electron chi connectivity index (χ0n) is 8.68. The van der Waals surface area contributed by atoms with Crippen molar-refractivity contribution in [2.45, 2.75) is 0 Å². The average Bonchev–Trinajstić information content (AvgIpc) is 2.81. The van der Waals surface area contributed by atoms with Crippen LogP contribution in [0.4, 0.5) is 0 Å². The van der Waals surface area contributed by atoms with Gasteiger partial charge >= 0.3 is 5.97 Å². The molecular weight excluding hydrogens is 226 g/mol. The third-order valence-corrected chi connectivity index (χ3v) is 2.48. The van der Waals surface area contributed by atoms with Crippen molar-refractivity contribution in [2.75, 3.05) is 7.11 Å². The van der Waals surface area contributed by atoms with Gasteiger partial charge in [0.05, 0.1) is 18.4 Å². The Hall–Kier alpha value is -1.74. The molecule has 0 saturated carbocycles. The fourth-order valence-corrected chi connectivity index (χ4v) is 1.66. The number of carbonyl (C=O) groups is 1. The Morgan fingerprint density at radius 2 is 2.00 bits per heavy atom. The van der Waals surface area contributed by atoms with E-state index in [1.54, 1.807) is 18.2 Å². The van der Waals surface area contributed by atoms with Crippen molar-refractivity contribution in [1.29, 1.82) is 0 Å². The molecule has 0 N–H and O–H groups in total. The van der Waals surface area contributed by atoms with Gasteiger partial charge in [-0.3, -0.25) is 0 Å². The largest absolute Gasteiger partial charge is 0.465 e. The molecule has 0 aliphatic carbocycles. The highest BCUT2D eigenvalue weighted by molar-refractivity contribution is 6.30. The first-order valence-electron chi connectivity index (χ1n) is 4.73. The predicted octanol–water partition coefficient (Wildman–Crippen LogP) is 2.92. The Bertz CT molecular complexity index is 506. The summed E-state index contributed by atoms with van der Waals surface area (Å²) in [5, 5.41) is 0.580. The Balaban J connectivity index is 2.57. The summed E-state index contributed by atoms with van der Waals surface area (Å²) >= 11 is 5.92. The lowest BCUT2D eigenvalue weighted by molar-refractivity contribution is 0.0601. The summed E-state index contributed by atoms with van der Waals surface area (Å²) in [5.74, 6) is -0.375. The van der Waals surface area contributed by atoms with E-state index in [4.69, 9.17) is 16.3 Å². The van der Waals surface area contributed by atoms with E-state index in [-0.39, 0.29) is 5.97 Å². The molecule has 82 valence electrons. The minimum atomic E-state index is -0.375. The summed E-state index contributed by atoms with van der Waals surface area (Å²) in [6.45, 7) is 0. The van der Waals surface area contributed by atoms with Crippen molar-refractivity contribution in [3.63, 3.8) is 0 Å². The van der Waals surface area contributed by atoms with Crippen molar-refractivity contribution in [2.24, 2.45) is 0 Å². The van der Waals surface area contributed by atoms with Crippen LogP contribution in [0.25, 0.3) is 5.69 Å². The van der Waals surface area contributed by atoms with Gasteiger partial charge in [-0.15, -0.1) is 0 Å². The second-order valence-electron chi connectivity index (χ2n) is 3.24. The second kappa shape index (κ2) is 4.41. The number of halogens is 1. The number of hydrogen-bond donors (Lipinski definition) is 0. The molecule has 0 saturated heterocycles. The number of rotatable bonds is 2. The zero-order valence-corrected chi connectivity index (χ0v) is 9.44. The smallest absolute Gasteiger partial charge is 0.339 e. The summed E-state index contributed by atoms with van der Waals surface area (Å²) < 4.78 is 6.54. The molecule has 3 nitrogen and oxygen atoms in total. The maximum absolute atomic E-state index is 11.6. The van der Waals surface area contributed by atoms with Crippen molar-refractivity contribution in [1.82, 2.24) is 4.57 Å². The number of aromatic nitrogens is 1. The maximum atomic E-state index is 11.6. The lowest BCUT2D eigenvalue weighted by atomic mass is 10.2. The molecule has 1 aromatic carbocycles. The molecule has 0 amide bonds. The molecule has 0 radical (unpaired) electrons. The Labute approximate surface area is 98.2 Å². The molecule has 0 aliphatic rings. The normalized spacial score (nSPS) is 10.1. The van der Waals surface area contributed by atoms with Crippen LogP contribution in [0.15, 0.2) is 42.7 Å². The highest BCUT2D eigenvalue weighted by atomic mass is 35.5. The van der Waals surface area contributed by atoms with Gasteiger partial charge in [-0.25, -0.2) is 4.79 Å². The van der Waals surface area contributed by atoms with E-state index in [9.17, 15) is 4.79 Å². The fraction of sp³-hybridized carbons (Fsp3) is 0.0833. The first-order chi connectivity index (χ1) is 7.72. The monoisotopic (exact) mass is 235 g/mol. The molecule has 1 aromatic heterocycles. The molecule has 0 fully saturated rings. The molecule has 0 bridgehead atoms. The molecule has 2 aromatic rings. The molecule has 2 rings (SSSR count). The van der Waals surface area contributed by atoms with Gasteiger partial charge in [0.2, 0.25) is 0 Å². The molecular formula is C12H10ClNO2. The van der Waals surface area contributed by atoms with E-state index in [0.717, 1.165) is 0 Å². The molecule has 0 unspecified atom stereocenters. The highest BCUT2D eigenvalue weighted by Gasteiger charge is 2.12.